The van der Waals surface area contributed by atoms with Crippen molar-refractivity contribution in [2.75, 3.05) is 7.11 Å². The third-order valence-corrected chi connectivity index (χ3v) is 7.11. The number of phenols is 1. The lowest BCUT2D eigenvalue weighted by molar-refractivity contribution is 0.395. The molecule has 0 aliphatic rings. The van der Waals surface area contributed by atoms with Gasteiger partial charge >= 0.3 is 0 Å². The fourth-order valence-corrected chi connectivity index (χ4v) is 5.07. The highest BCUT2D eigenvalue weighted by Crippen LogP contribution is 2.49. The summed E-state index contributed by atoms with van der Waals surface area (Å²) >= 11 is 12.8. The lowest BCUT2D eigenvalue weighted by Crippen LogP contribution is -2.07. The second-order valence-electron chi connectivity index (χ2n) is 8.19. The summed E-state index contributed by atoms with van der Waals surface area (Å²) in [7, 11) is 1.26. The lowest BCUT2D eigenvalue weighted by atomic mass is 10.0. The summed E-state index contributed by atoms with van der Waals surface area (Å²) < 4.78 is 11.5. The van der Waals surface area contributed by atoms with Crippen LogP contribution in [0.1, 0.15) is 11.1 Å². The number of phenolic OH excluding ortho intramolecular Hbond substituents is 1. The van der Waals surface area contributed by atoms with Gasteiger partial charge in [0.2, 0.25) is 5.90 Å². The molecule has 6 rings (SSSR count). The zero-order valence-corrected chi connectivity index (χ0v) is 20.2. The summed E-state index contributed by atoms with van der Waals surface area (Å²) in [5.41, 5.74) is 2.96. The minimum Gasteiger partial charge on any atom is -0.505 e. The number of para-hydroxylation sites is 2. The Morgan fingerprint density at radius 3 is 2.28 bits per heavy atom. The number of hydrogen-bond donors (Lipinski definition) is 4. The molecule has 9 heteroatoms. The van der Waals surface area contributed by atoms with Crippen molar-refractivity contribution in [2.24, 2.45) is 0 Å². The van der Waals surface area contributed by atoms with Crippen LogP contribution >= 0.6 is 23.2 Å². The molecule has 0 radical (unpaired) electrons. The number of nitrogens with zero attached hydrogens (tertiary/aromatic N) is 1. The van der Waals surface area contributed by atoms with E-state index in [9.17, 15) is 10.4 Å². The first-order valence-corrected chi connectivity index (χ1v) is 11.6. The van der Waals surface area contributed by atoms with E-state index >= 15 is 0 Å². The van der Waals surface area contributed by atoms with Crippen LogP contribution in [0.15, 0.2) is 54.6 Å². The summed E-state index contributed by atoms with van der Waals surface area (Å²) in [5.74, 6) is -0.644. The van der Waals surface area contributed by atoms with Crippen molar-refractivity contribution in [3.8, 4) is 23.3 Å². The number of halogens is 2. The molecule has 4 aromatic carbocycles. The maximum Gasteiger partial charge on any atom is 0.218 e. The molecule has 36 heavy (non-hydrogen) atoms. The number of fused-ring (bicyclic) bond motifs is 6. The van der Waals surface area contributed by atoms with Gasteiger partial charge in [0.05, 0.1) is 23.5 Å². The number of ether oxygens (including phenoxy) is 2. The van der Waals surface area contributed by atoms with Crippen LogP contribution in [-0.4, -0.2) is 28.1 Å². The molecule has 0 spiro atoms. The lowest BCUT2D eigenvalue weighted by Gasteiger charge is -2.17. The van der Waals surface area contributed by atoms with Crippen LogP contribution in [0, 0.1) is 16.7 Å². The third kappa shape index (κ3) is 3.02. The number of aromatic amines is 2. The van der Waals surface area contributed by atoms with Crippen molar-refractivity contribution in [1.29, 1.82) is 10.7 Å². The second-order valence-corrected chi connectivity index (χ2v) is 8.95. The molecular weight excluding hydrogens is 499 g/mol. The number of methoxy groups -OCH3 is 1. The van der Waals surface area contributed by atoms with Crippen LogP contribution in [-0.2, 0) is 4.74 Å². The van der Waals surface area contributed by atoms with E-state index < -0.39 is 11.6 Å². The Kier molecular flexibility index (Phi) is 4.97. The average Bonchev–Trinajstić information content (AvgIpc) is 3.46. The maximum atomic E-state index is 10.6. The van der Waals surface area contributed by atoms with E-state index in [4.69, 9.17) is 38.1 Å². The quantitative estimate of drug-likeness (QED) is 0.143. The van der Waals surface area contributed by atoms with Crippen molar-refractivity contribution in [3.05, 3.63) is 75.8 Å². The van der Waals surface area contributed by atoms with Crippen molar-refractivity contribution >= 4 is 72.7 Å². The number of aromatic nitrogens is 2. The topological polar surface area (TPSA) is 118 Å². The molecule has 0 amide bonds. The molecule has 0 atom stereocenters. The van der Waals surface area contributed by atoms with Crippen LogP contribution in [0.25, 0.3) is 43.6 Å². The van der Waals surface area contributed by atoms with Crippen LogP contribution in [0.5, 0.6) is 17.2 Å². The number of hydrogen-bond acceptors (Lipinski definition) is 5. The number of rotatable bonds is 3. The molecule has 0 aliphatic heterocycles. The molecule has 0 aliphatic carbocycles. The maximum absolute atomic E-state index is 10.6. The average molecular weight is 515 g/mol. The molecule has 0 fully saturated rings. The summed E-state index contributed by atoms with van der Waals surface area (Å²) in [6.07, 6.45) is 0. The number of nitriles is 1. The van der Waals surface area contributed by atoms with E-state index in [0.717, 1.165) is 38.1 Å². The van der Waals surface area contributed by atoms with Crippen LogP contribution in [0.3, 0.4) is 0 Å². The summed E-state index contributed by atoms with van der Waals surface area (Å²) in [6, 6.07) is 19.7. The first-order chi connectivity index (χ1) is 17.4. The SMILES string of the molecule is COC(=N)c1c(O)c(Cl)c(Cl)c(Oc2c3[nH]c4ccccc4c3cc3[nH]c4ccccc4c23)c1C#N. The van der Waals surface area contributed by atoms with Crippen LogP contribution in [0.4, 0.5) is 0 Å². The van der Waals surface area contributed by atoms with Gasteiger partial charge in [-0.1, -0.05) is 59.6 Å². The van der Waals surface area contributed by atoms with Gasteiger partial charge in [0, 0.05) is 27.2 Å². The fraction of sp³-hybridized carbons (Fsp3) is 0.0370. The van der Waals surface area contributed by atoms with Gasteiger partial charge in [-0.25, -0.2) is 0 Å². The van der Waals surface area contributed by atoms with Gasteiger partial charge in [0.1, 0.15) is 33.0 Å². The number of nitrogens with one attached hydrogen (secondary N) is 3. The predicted molar refractivity (Wildman–Crippen MR) is 142 cm³/mol. The van der Waals surface area contributed by atoms with Crippen molar-refractivity contribution in [3.63, 3.8) is 0 Å². The largest absolute Gasteiger partial charge is 0.505 e. The number of benzene rings is 4. The van der Waals surface area contributed by atoms with Crippen molar-refractivity contribution in [1.82, 2.24) is 9.97 Å². The Hall–Kier alpha value is -4.38. The third-order valence-electron chi connectivity index (χ3n) is 6.29. The highest BCUT2D eigenvalue weighted by Gasteiger charge is 2.28. The van der Waals surface area contributed by atoms with Crippen molar-refractivity contribution < 1.29 is 14.6 Å². The van der Waals surface area contributed by atoms with Gasteiger partial charge < -0.3 is 24.5 Å². The molecule has 6 aromatic rings. The molecule has 0 saturated carbocycles. The van der Waals surface area contributed by atoms with E-state index in [1.165, 1.54) is 7.11 Å². The Morgan fingerprint density at radius 2 is 1.58 bits per heavy atom. The normalized spacial score (nSPS) is 11.4. The minimum absolute atomic E-state index is 0.0866. The molecule has 0 saturated heterocycles. The van der Waals surface area contributed by atoms with Gasteiger partial charge in [-0.15, -0.1) is 0 Å². The van der Waals surface area contributed by atoms with E-state index in [-0.39, 0.29) is 26.9 Å². The van der Waals surface area contributed by atoms with Gasteiger partial charge in [-0.05, 0) is 18.2 Å². The van der Waals surface area contributed by atoms with Gasteiger partial charge in [-0.3, -0.25) is 5.41 Å². The van der Waals surface area contributed by atoms with Crippen molar-refractivity contribution in [2.45, 2.75) is 0 Å². The van der Waals surface area contributed by atoms with Gasteiger partial charge in [0.25, 0.3) is 0 Å². The van der Waals surface area contributed by atoms with Gasteiger partial charge in [-0.2, -0.15) is 5.26 Å². The fourth-order valence-electron chi connectivity index (χ4n) is 4.66. The highest BCUT2D eigenvalue weighted by atomic mass is 35.5. The predicted octanol–water partition coefficient (Wildman–Crippen LogP) is 7.60. The molecule has 2 aromatic heterocycles. The van der Waals surface area contributed by atoms with E-state index in [1.807, 2.05) is 54.6 Å². The minimum atomic E-state index is -0.529. The van der Waals surface area contributed by atoms with E-state index in [1.54, 1.807) is 0 Å². The standard InChI is InChI=1S/C27H16Cl2N4O3/c1-35-27(31)20-15(11-30)25(22(29)21(28)24(20)34)36-26-19-13-7-3-5-9-17(13)32-18(19)10-14-12-6-2-4-8-16(12)33-23(14)26/h2-10,31-34H,1H3. The first kappa shape index (κ1) is 22.1. The molecule has 0 unspecified atom stereocenters. The molecule has 2 heterocycles. The monoisotopic (exact) mass is 514 g/mol. The Bertz CT molecular complexity index is 1930. The number of H-pyrrole nitrogens is 2. The smallest absolute Gasteiger partial charge is 0.218 e. The zero-order valence-electron chi connectivity index (χ0n) is 18.7. The Balaban J connectivity index is 1.76. The first-order valence-electron chi connectivity index (χ1n) is 10.8. The van der Waals surface area contributed by atoms with Crippen LogP contribution in [0.2, 0.25) is 10.0 Å². The molecular formula is C27H16Cl2N4O3. The Labute approximate surface area is 213 Å². The number of aromatic hydroxyl groups is 1. The molecule has 0 bridgehead atoms. The summed E-state index contributed by atoms with van der Waals surface area (Å²) in [5, 5.41) is 31.9. The molecule has 4 N–H and O–H groups in total. The van der Waals surface area contributed by atoms with Crippen LogP contribution < -0.4 is 4.74 Å². The summed E-state index contributed by atoms with van der Waals surface area (Å²) in [6.45, 7) is 0. The zero-order chi connectivity index (χ0) is 25.1. The summed E-state index contributed by atoms with van der Waals surface area (Å²) in [4.78, 5) is 6.87. The van der Waals surface area contributed by atoms with Gasteiger partial charge in [0.15, 0.2) is 11.5 Å². The molecule has 176 valence electrons. The van der Waals surface area contributed by atoms with E-state index in [0.29, 0.717) is 11.3 Å². The Morgan fingerprint density at radius 1 is 0.917 bits per heavy atom. The van der Waals surface area contributed by atoms with E-state index in [2.05, 4.69) is 16.0 Å². The molecule has 7 nitrogen and oxygen atoms in total. The highest BCUT2D eigenvalue weighted by molar-refractivity contribution is 6.44. The second kappa shape index (κ2) is 8.09.